The molecule has 0 amide bonds. The lowest BCUT2D eigenvalue weighted by Gasteiger charge is -2.36. The minimum absolute atomic E-state index is 0.322. The van der Waals surface area contributed by atoms with Crippen LogP contribution in [0.1, 0.15) is 72.3 Å². The summed E-state index contributed by atoms with van der Waals surface area (Å²) in [6.07, 6.45) is 3.77. The van der Waals surface area contributed by atoms with Crippen molar-refractivity contribution in [2.24, 2.45) is 0 Å². The van der Waals surface area contributed by atoms with E-state index in [1.165, 1.54) is 72.8 Å². The van der Waals surface area contributed by atoms with Crippen LogP contribution in [0.5, 0.6) is 0 Å². The molecule has 0 N–H and O–H groups in total. The molecule has 2 nitrogen and oxygen atoms in total. The van der Waals surface area contributed by atoms with Crippen molar-refractivity contribution in [3.8, 4) is 44.5 Å². The molecule has 12 aromatic rings. The lowest BCUT2D eigenvalue weighted by atomic mass is 9.66. The van der Waals surface area contributed by atoms with E-state index in [9.17, 15) is 0 Å². The Hall–Kier alpha value is -10.4. The highest BCUT2D eigenvalue weighted by molar-refractivity contribution is 6.05. The van der Waals surface area contributed by atoms with Gasteiger partial charge >= 0.3 is 0 Å². The fraction of sp³-hybridized carbons (Fsp3) is 0.0617. The molecule has 406 valence electrons. The molecule has 0 saturated heterocycles. The second-order valence-corrected chi connectivity index (χ2v) is 22.9. The fourth-order valence-electron chi connectivity index (χ4n) is 14.5. The Bertz CT molecular complexity index is 4690. The van der Waals surface area contributed by atoms with Crippen molar-refractivity contribution in [3.63, 3.8) is 0 Å². The molecule has 15 rings (SSSR count). The van der Waals surface area contributed by atoms with E-state index in [2.05, 4.69) is 251 Å². The zero-order valence-corrected chi connectivity index (χ0v) is 47.5. The van der Waals surface area contributed by atoms with Crippen LogP contribution in [0.3, 0.4) is 0 Å². The second-order valence-electron chi connectivity index (χ2n) is 22.9. The van der Waals surface area contributed by atoms with Crippen LogP contribution < -0.4 is 9.80 Å². The molecule has 0 radical (unpaired) electrons. The molecule has 3 aliphatic carbocycles. The van der Waals surface area contributed by atoms with Crippen molar-refractivity contribution < 1.29 is 8.78 Å². The summed E-state index contributed by atoms with van der Waals surface area (Å²) in [5.41, 5.74) is 27.0. The summed E-state index contributed by atoms with van der Waals surface area (Å²) >= 11 is 0. The van der Waals surface area contributed by atoms with Crippen LogP contribution in [0.4, 0.5) is 42.9 Å². The molecule has 0 bridgehead atoms. The summed E-state index contributed by atoms with van der Waals surface area (Å²) in [4.78, 5) is 4.13. The van der Waals surface area contributed by atoms with Crippen molar-refractivity contribution in [1.82, 2.24) is 0 Å². The maximum absolute atomic E-state index is 16.7. The maximum Gasteiger partial charge on any atom is 0.147 e. The first kappa shape index (κ1) is 51.5. The smallest absolute Gasteiger partial charge is 0.147 e. The number of hydrogen-bond acceptors (Lipinski definition) is 2. The SMILES string of the molecule is C=Cc1ccc(C2(c3cc(C)ccc3C)c3ccccc3-c3ccc(N(c4ccc(-c5ccc(N(c6ccccc6F)c6ccc7c8c6-c6ccc(C)cc6C8(c6ccc(C=C)cc6)c6ccccc6-7)cc5)cc4)c4ccccc4F)cc32)cc1. The molecule has 0 aromatic heterocycles. The quantitative estimate of drug-likeness (QED) is 0.120. The zero-order chi connectivity index (χ0) is 57.7. The van der Waals surface area contributed by atoms with Gasteiger partial charge in [0.2, 0.25) is 0 Å². The molecule has 4 heteroatoms. The second kappa shape index (κ2) is 19.9. The van der Waals surface area contributed by atoms with Gasteiger partial charge in [-0.3, -0.25) is 0 Å². The molecular weight excluding hydrogens is 1040 g/mol. The van der Waals surface area contributed by atoms with E-state index in [0.29, 0.717) is 11.4 Å². The monoisotopic (exact) mass is 1100 g/mol. The first-order chi connectivity index (χ1) is 41.6. The fourth-order valence-corrected chi connectivity index (χ4v) is 14.5. The van der Waals surface area contributed by atoms with Crippen LogP contribution in [-0.4, -0.2) is 0 Å². The van der Waals surface area contributed by atoms with E-state index >= 15 is 8.78 Å². The maximum atomic E-state index is 16.7. The topological polar surface area (TPSA) is 6.48 Å². The highest BCUT2D eigenvalue weighted by Gasteiger charge is 2.54. The molecule has 0 aliphatic heterocycles. The first-order valence-electron chi connectivity index (χ1n) is 29.1. The van der Waals surface area contributed by atoms with Crippen LogP contribution in [-0.2, 0) is 10.8 Å². The Morgan fingerprint density at radius 3 is 1.39 bits per heavy atom. The molecule has 2 atom stereocenters. The minimum atomic E-state index is -0.687. The predicted octanol–water partition coefficient (Wildman–Crippen LogP) is 21.5. The van der Waals surface area contributed by atoms with E-state index in [1.807, 2.05) is 41.3 Å². The summed E-state index contributed by atoms with van der Waals surface area (Å²) in [5.74, 6) is -0.652. The molecular formula is C81H58F2N2. The van der Waals surface area contributed by atoms with E-state index in [4.69, 9.17) is 0 Å². The average Bonchev–Trinajstić information content (AvgIpc) is 1.53. The summed E-state index contributed by atoms with van der Waals surface area (Å²) < 4.78 is 33.3. The molecule has 0 fully saturated rings. The molecule has 2 unspecified atom stereocenters. The molecule has 3 aliphatic rings. The largest absolute Gasteiger partial charge is 0.308 e. The number of fused-ring (bicyclic) bond motifs is 9. The van der Waals surface area contributed by atoms with E-state index in [0.717, 1.165) is 72.8 Å². The third-order valence-corrected chi connectivity index (χ3v) is 18.3. The Kier molecular flexibility index (Phi) is 12.0. The number of anilines is 6. The highest BCUT2D eigenvalue weighted by atomic mass is 19.1. The van der Waals surface area contributed by atoms with Gasteiger partial charge in [0, 0.05) is 22.6 Å². The van der Waals surface area contributed by atoms with Gasteiger partial charge in [-0.25, -0.2) is 8.78 Å². The van der Waals surface area contributed by atoms with Gasteiger partial charge in [-0.15, -0.1) is 0 Å². The van der Waals surface area contributed by atoms with Gasteiger partial charge in [0.05, 0.1) is 27.9 Å². The van der Waals surface area contributed by atoms with Gasteiger partial charge in [0.1, 0.15) is 11.6 Å². The lowest BCUT2D eigenvalue weighted by molar-refractivity contribution is 0.628. The van der Waals surface area contributed by atoms with Crippen molar-refractivity contribution in [2.45, 2.75) is 31.6 Å². The number of para-hydroxylation sites is 2. The van der Waals surface area contributed by atoms with Crippen LogP contribution in [0.2, 0.25) is 0 Å². The molecule has 85 heavy (non-hydrogen) atoms. The van der Waals surface area contributed by atoms with Crippen LogP contribution in [0, 0.1) is 32.4 Å². The summed E-state index contributed by atoms with van der Waals surface area (Å²) in [6.45, 7) is 14.7. The van der Waals surface area contributed by atoms with Gasteiger partial charge in [-0.2, -0.15) is 0 Å². The molecule has 0 saturated carbocycles. The standard InChI is InChI=1S/C81H58F2N2/c1-6-54-27-35-58(36-28-54)80(70-48-51(3)24-26-53(70)5)68-18-10-8-16-63(68)65-45-43-62(50-72(65)80)84(75-22-14-12-20-73(75)82)60-39-31-56(32-40-60)57-33-41-61(42-34-57)85(76-23-15-13-21-74(76)83)77-47-46-66-64-17-9-11-19-69(64)81(59-37-29-55(7-2)30-38-59)71-49-52(4)25-44-67(71)78(77)79(66)81/h6-50H,1-2H2,3-5H3. The summed E-state index contributed by atoms with van der Waals surface area (Å²) in [6, 6.07) is 90.6. The van der Waals surface area contributed by atoms with Crippen molar-refractivity contribution >= 4 is 46.3 Å². The Morgan fingerprint density at radius 2 is 0.788 bits per heavy atom. The minimum Gasteiger partial charge on any atom is -0.308 e. The lowest BCUT2D eigenvalue weighted by Crippen LogP contribution is -2.30. The van der Waals surface area contributed by atoms with Crippen LogP contribution >= 0.6 is 0 Å². The number of halogens is 2. The van der Waals surface area contributed by atoms with E-state index in [-0.39, 0.29) is 11.6 Å². The number of aryl methyl sites for hydroxylation is 3. The number of rotatable bonds is 12. The Balaban J connectivity index is 0.849. The predicted molar refractivity (Wildman–Crippen MR) is 349 cm³/mol. The van der Waals surface area contributed by atoms with Gasteiger partial charge in [0.25, 0.3) is 0 Å². The van der Waals surface area contributed by atoms with Crippen molar-refractivity contribution in [3.05, 3.63) is 358 Å². The number of nitrogens with zero attached hydrogens (tertiary/aromatic N) is 2. The third kappa shape index (κ3) is 7.68. The summed E-state index contributed by atoms with van der Waals surface area (Å²) in [7, 11) is 0. The average molecular weight is 1100 g/mol. The third-order valence-electron chi connectivity index (χ3n) is 18.3. The van der Waals surface area contributed by atoms with Crippen molar-refractivity contribution in [1.29, 1.82) is 0 Å². The molecule has 12 aromatic carbocycles. The Labute approximate surface area is 496 Å². The van der Waals surface area contributed by atoms with Gasteiger partial charge in [-0.05, 0) is 188 Å². The Morgan fingerprint density at radius 1 is 0.341 bits per heavy atom. The number of benzene rings is 12. The van der Waals surface area contributed by atoms with Gasteiger partial charge in [0.15, 0.2) is 0 Å². The molecule has 0 heterocycles. The van der Waals surface area contributed by atoms with Crippen LogP contribution in [0.25, 0.3) is 56.7 Å². The molecule has 0 spiro atoms. The first-order valence-corrected chi connectivity index (χ1v) is 29.1. The normalized spacial score (nSPS) is 15.5. The number of hydrogen-bond donors (Lipinski definition) is 0. The summed E-state index contributed by atoms with van der Waals surface area (Å²) in [5, 5.41) is 0. The van der Waals surface area contributed by atoms with E-state index in [1.54, 1.807) is 18.2 Å². The highest BCUT2D eigenvalue weighted by Crippen LogP contribution is 2.67. The van der Waals surface area contributed by atoms with Crippen LogP contribution in [0.15, 0.2) is 274 Å². The van der Waals surface area contributed by atoms with Gasteiger partial charge in [-0.1, -0.05) is 231 Å². The van der Waals surface area contributed by atoms with Gasteiger partial charge < -0.3 is 9.80 Å². The zero-order valence-electron chi connectivity index (χ0n) is 47.5. The van der Waals surface area contributed by atoms with Crippen molar-refractivity contribution in [2.75, 3.05) is 9.80 Å². The van der Waals surface area contributed by atoms with E-state index < -0.39 is 10.8 Å².